The van der Waals surface area contributed by atoms with Crippen LogP contribution in [0.4, 0.5) is 15.8 Å². The molecule has 0 saturated carbocycles. The molecule has 4 aromatic rings. The lowest BCUT2D eigenvalue weighted by Gasteiger charge is -2.28. The minimum absolute atomic E-state index is 0.163. The Morgan fingerprint density at radius 1 is 0.710 bits per heavy atom. The van der Waals surface area contributed by atoms with Crippen molar-refractivity contribution in [2.24, 2.45) is 0 Å². The molecule has 0 aromatic heterocycles. The lowest BCUT2D eigenvalue weighted by atomic mass is 9.82. The molecule has 0 N–H and O–H groups in total. The molecule has 4 aromatic carbocycles. The number of aryl methyl sites for hydroxylation is 1. The third-order valence-corrected chi connectivity index (χ3v) is 6.67. The predicted octanol–water partition coefficient (Wildman–Crippen LogP) is 7.88. The highest BCUT2D eigenvalue weighted by Crippen LogP contribution is 2.50. The Morgan fingerprint density at radius 2 is 1.39 bits per heavy atom. The molecule has 31 heavy (non-hydrogen) atoms. The van der Waals surface area contributed by atoms with E-state index in [1.807, 2.05) is 42.3 Å². The summed E-state index contributed by atoms with van der Waals surface area (Å²) in [5.74, 6) is -0.198. The molecule has 5 rings (SSSR count). The van der Waals surface area contributed by atoms with Crippen molar-refractivity contribution in [2.45, 2.75) is 26.2 Å². The number of fused-ring (bicyclic) bond motifs is 3. The van der Waals surface area contributed by atoms with E-state index >= 15 is 4.39 Å². The maximum Gasteiger partial charge on any atom is 0.147 e. The molecule has 0 unspecified atom stereocenters. The van der Waals surface area contributed by atoms with Crippen molar-refractivity contribution in [1.29, 1.82) is 0 Å². The highest BCUT2D eigenvalue weighted by atomic mass is 19.1. The topological polar surface area (TPSA) is 3.24 Å². The molecule has 154 valence electrons. The molecule has 0 amide bonds. The molecule has 0 aliphatic heterocycles. The number of anilines is 2. The zero-order valence-corrected chi connectivity index (χ0v) is 18.4. The highest BCUT2D eigenvalue weighted by molar-refractivity contribution is 5.87. The van der Waals surface area contributed by atoms with Crippen molar-refractivity contribution in [3.63, 3.8) is 0 Å². The summed E-state index contributed by atoms with van der Waals surface area (Å²) in [7, 11) is 1.97. The van der Waals surface area contributed by atoms with E-state index in [9.17, 15) is 0 Å². The zero-order chi connectivity index (χ0) is 21.8. The smallest absolute Gasteiger partial charge is 0.147 e. The lowest BCUT2D eigenvalue weighted by Crippen LogP contribution is -2.18. The van der Waals surface area contributed by atoms with E-state index in [1.165, 1.54) is 11.1 Å². The van der Waals surface area contributed by atoms with Gasteiger partial charge in [-0.3, -0.25) is 0 Å². The average Bonchev–Trinajstić information content (AvgIpc) is 3.00. The van der Waals surface area contributed by atoms with Gasteiger partial charge in [0.25, 0.3) is 0 Å². The van der Waals surface area contributed by atoms with Crippen LogP contribution in [0.25, 0.3) is 22.3 Å². The number of hydrogen-bond acceptors (Lipinski definition) is 1. The molecule has 0 radical (unpaired) electrons. The monoisotopic (exact) mass is 407 g/mol. The van der Waals surface area contributed by atoms with E-state index in [0.29, 0.717) is 5.69 Å². The summed E-state index contributed by atoms with van der Waals surface area (Å²) < 4.78 is 15.6. The zero-order valence-electron chi connectivity index (χ0n) is 18.4. The van der Waals surface area contributed by atoms with E-state index in [0.717, 1.165) is 33.5 Å². The van der Waals surface area contributed by atoms with Crippen LogP contribution in [-0.4, -0.2) is 7.05 Å². The first-order valence-electron chi connectivity index (χ1n) is 10.7. The molecule has 1 aliphatic carbocycles. The second kappa shape index (κ2) is 7.09. The van der Waals surface area contributed by atoms with E-state index < -0.39 is 0 Å². The number of para-hydroxylation sites is 1. The number of hydrogen-bond donors (Lipinski definition) is 0. The van der Waals surface area contributed by atoms with Gasteiger partial charge in [-0.25, -0.2) is 4.39 Å². The summed E-state index contributed by atoms with van der Waals surface area (Å²) in [5.41, 5.74) is 9.38. The fourth-order valence-corrected chi connectivity index (χ4v) is 5.04. The van der Waals surface area contributed by atoms with Crippen LogP contribution in [0, 0.1) is 12.7 Å². The standard InChI is InChI=1S/C29H26FN/c1-19-11-10-15-21(20-12-6-5-7-13-20)28(19)31(4)27-18-25-23(17-26(27)30)22-14-8-9-16-24(22)29(25,2)3/h5-18H,1-4H3. The Kier molecular flexibility index (Phi) is 4.48. The first-order chi connectivity index (χ1) is 14.9. The van der Waals surface area contributed by atoms with Gasteiger partial charge < -0.3 is 4.90 Å². The molecule has 0 saturated heterocycles. The van der Waals surface area contributed by atoms with E-state index in [1.54, 1.807) is 6.07 Å². The largest absolute Gasteiger partial charge is 0.342 e. The molecule has 1 aliphatic rings. The molecular weight excluding hydrogens is 381 g/mol. The number of rotatable bonds is 3. The number of benzene rings is 4. The summed E-state index contributed by atoms with van der Waals surface area (Å²) in [4.78, 5) is 2.01. The molecule has 0 fully saturated rings. The lowest BCUT2D eigenvalue weighted by molar-refractivity contribution is 0.622. The van der Waals surface area contributed by atoms with Crippen molar-refractivity contribution < 1.29 is 4.39 Å². The first-order valence-corrected chi connectivity index (χ1v) is 10.7. The molecular formula is C29H26FN. The second-order valence-electron chi connectivity index (χ2n) is 8.92. The average molecular weight is 408 g/mol. The Labute approximate surface area is 183 Å². The Balaban J connectivity index is 1.68. The third kappa shape index (κ3) is 2.97. The second-order valence-corrected chi connectivity index (χ2v) is 8.92. The Bertz CT molecular complexity index is 1290. The molecule has 2 heteroatoms. The van der Waals surface area contributed by atoms with Gasteiger partial charge in [-0.2, -0.15) is 0 Å². The predicted molar refractivity (Wildman–Crippen MR) is 129 cm³/mol. The van der Waals surface area contributed by atoms with Gasteiger partial charge in [-0.15, -0.1) is 0 Å². The van der Waals surface area contributed by atoms with Crippen LogP contribution in [0.3, 0.4) is 0 Å². The van der Waals surface area contributed by atoms with E-state index in [4.69, 9.17) is 0 Å². The van der Waals surface area contributed by atoms with Crippen LogP contribution >= 0.6 is 0 Å². The van der Waals surface area contributed by atoms with Crippen LogP contribution in [0.1, 0.15) is 30.5 Å². The van der Waals surface area contributed by atoms with Gasteiger partial charge in [-0.05, 0) is 52.4 Å². The normalized spacial score (nSPS) is 13.6. The Morgan fingerprint density at radius 3 is 2.16 bits per heavy atom. The quantitative estimate of drug-likeness (QED) is 0.334. The Hall–Kier alpha value is -3.39. The molecule has 0 heterocycles. The van der Waals surface area contributed by atoms with Gasteiger partial charge in [0.1, 0.15) is 5.82 Å². The SMILES string of the molecule is Cc1cccc(-c2ccccc2)c1N(C)c1cc2c(cc1F)-c1ccccc1C2(C)C. The summed E-state index contributed by atoms with van der Waals surface area (Å²) in [6.45, 7) is 6.54. The van der Waals surface area contributed by atoms with Gasteiger partial charge in [0.2, 0.25) is 0 Å². The third-order valence-electron chi connectivity index (χ3n) is 6.67. The first kappa shape index (κ1) is 19.6. The minimum Gasteiger partial charge on any atom is -0.342 e. The molecule has 0 bridgehead atoms. The molecule has 0 atom stereocenters. The molecule has 1 nitrogen and oxygen atoms in total. The van der Waals surface area contributed by atoms with Crippen LogP contribution in [-0.2, 0) is 5.41 Å². The van der Waals surface area contributed by atoms with Crippen LogP contribution < -0.4 is 4.90 Å². The van der Waals surface area contributed by atoms with Gasteiger partial charge >= 0.3 is 0 Å². The van der Waals surface area contributed by atoms with Gasteiger partial charge in [-0.1, -0.05) is 86.6 Å². The van der Waals surface area contributed by atoms with Crippen molar-refractivity contribution in [3.8, 4) is 22.3 Å². The van der Waals surface area contributed by atoms with Gasteiger partial charge in [0.15, 0.2) is 0 Å². The van der Waals surface area contributed by atoms with Crippen molar-refractivity contribution in [3.05, 3.63) is 107 Å². The summed E-state index contributed by atoms with van der Waals surface area (Å²) in [6, 6.07) is 28.7. The highest BCUT2D eigenvalue weighted by Gasteiger charge is 2.36. The maximum atomic E-state index is 15.6. The van der Waals surface area contributed by atoms with Crippen molar-refractivity contribution in [1.82, 2.24) is 0 Å². The fourth-order valence-electron chi connectivity index (χ4n) is 5.04. The minimum atomic E-state index is -0.198. The summed E-state index contributed by atoms with van der Waals surface area (Å²) in [5, 5.41) is 0. The summed E-state index contributed by atoms with van der Waals surface area (Å²) >= 11 is 0. The van der Waals surface area contributed by atoms with E-state index in [-0.39, 0.29) is 11.2 Å². The van der Waals surface area contributed by atoms with E-state index in [2.05, 4.69) is 69.3 Å². The maximum absolute atomic E-state index is 15.6. The van der Waals surface area contributed by atoms with Crippen LogP contribution in [0.15, 0.2) is 84.9 Å². The van der Waals surface area contributed by atoms with Crippen LogP contribution in [0.5, 0.6) is 0 Å². The fraction of sp³-hybridized carbons (Fsp3) is 0.172. The summed E-state index contributed by atoms with van der Waals surface area (Å²) in [6.07, 6.45) is 0. The van der Waals surface area contributed by atoms with Crippen LogP contribution in [0.2, 0.25) is 0 Å². The van der Waals surface area contributed by atoms with Gasteiger partial charge in [0.05, 0.1) is 11.4 Å². The number of halogens is 1. The molecule has 0 spiro atoms. The van der Waals surface area contributed by atoms with Gasteiger partial charge in [0, 0.05) is 18.0 Å². The number of nitrogens with zero attached hydrogens (tertiary/aromatic N) is 1. The van der Waals surface area contributed by atoms with Crippen molar-refractivity contribution in [2.75, 3.05) is 11.9 Å². The van der Waals surface area contributed by atoms with Crippen molar-refractivity contribution >= 4 is 11.4 Å².